The molecule has 4 heteroatoms. The van der Waals surface area contributed by atoms with Gasteiger partial charge >= 0.3 is 6.09 Å². The van der Waals surface area contributed by atoms with Crippen LogP contribution in [0.15, 0.2) is 0 Å². The SMILES string of the molecule is CC(C)CC1CC(CCNC(=O)OC(C)(C)C)CCN1. The maximum atomic E-state index is 11.6. The van der Waals surface area contributed by atoms with Crippen LogP contribution in [-0.4, -0.2) is 30.8 Å². The molecule has 1 saturated heterocycles. The van der Waals surface area contributed by atoms with E-state index in [-0.39, 0.29) is 6.09 Å². The lowest BCUT2D eigenvalue weighted by Crippen LogP contribution is -2.40. The molecule has 0 aromatic rings. The predicted molar refractivity (Wildman–Crippen MR) is 82.8 cm³/mol. The minimum atomic E-state index is -0.415. The van der Waals surface area contributed by atoms with Crippen molar-refractivity contribution in [2.24, 2.45) is 11.8 Å². The van der Waals surface area contributed by atoms with E-state index in [2.05, 4.69) is 24.5 Å². The molecular formula is C16H32N2O2. The van der Waals surface area contributed by atoms with Crippen LogP contribution >= 0.6 is 0 Å². The first-order chi connectivity index (χ1) is 9.26. The van der Waals surface area contributed by atoms with Gasteiger partial charge in [-0.1, -0.05) is 13.8 Å². The van der Waals surface area contributed by atoms with E-state index in [0.29, 0.717) is 12.6 Å². The van der Waals surface area contributed by atoms with Gasteiger partial charge in [-0.3, -0.25) is 0 Å². The van der Waals surface area contributed by atoms with Gasteiger partial charge in [-0.15, -0.1) is 0 Å². The fraction of sp³-hybridized carbons (Fsp3) is 0.938. The summed E-state index contributed by atoms with van der Waals surface area (Å²) in [5.41, 5.74) is -0.415. The summed E-state index contributed by atoms with van der Waals surface area (Å²) in [6.45, 7) is 12.0. The van der Waals surface area contributed by atoms with Crippen LogP contribution in [0.5, 0.6) is 0 Å². The Kier molecular flexibility index (Phi) is 6.80. The zero-order valence-electron chi connectivity index (χ0n) is 13.8. The first-order valence-electron chi connectivity index (χ1n) is 7.96. The second-order valence-electron chi connectivity index (χ2n) is 7.39. The van der Waals surface area contributed by atoms with E-state index in [9.17, 15) is 4.79 Å². The molecule has 1 heterocycles. The maximum Gasteiger partial charge on any atom is 0.407 e. The van der Waals surface area contributed by atoms with Crippen molar-refractivity contribution in [3.8, 4) is 0 Å². The number of hydrogen-bond donors (Lipinski definition) is 2. The molecule has 2 N–H and O–H groups in total. The summed E-state index contributed by atoms with van der Waals surface area (Å²) < 4.78 is 5.24. The minimum Gasteiger partial charge on any atom is -0.444 e. The summed E-state index contributed by atoms with van der Waals surface area (Å²) >= 11 is 0. The zero-order chi connectivity index (χ0) is 15.2. The van der Waals surface area contributed by atoms with E-state index in [1.54, 1.807) is 0 Å². The Morgan fingerprint density at radius 1 is 1.40 bits per heavy atom. The van der Waals surface area contributed by atoms with Crippen LogP contribution in [0.3, 0.4) is 0 Å². The van der Waals surface area contributed by atoms with Gasteiger partial charge < -0.3 is 15.4 Å². The van der Waals surface area contributed by atoms with E-state index in [4.69, 9.17) is 4.74 Å². The van der Waals surface area contributed by atoms with E-state index >= 15 is 0 Å². The third-order valence-corrected chi connectivity index (χ3v) is 3.58. The van der Waals surface area contributed by atoms with Crippen LogP contribution in [0, 0.1) is 11.8 Å². The molecule has 0 radical (unpaired) electrons. The monoisotopic (exact) mass is 284 g/mol. The Bertz CT molecular complexity index is 297. The highest BCUT2D eigenvalue weighted by atomic mass is 16.6. The predicted octanol–water partition coefficient (Wildman–Crippen LogP) is 3.32. The molecule has 0 spiro atoms. The molecule has 1 aliphatic rings. The number of amides is 1. The Balaban J connectivity index is 2.20. The minimum absolute atomic E-state index is 0.301. The molecule has 1 aliphatic heterocycles. The summed E-state index contributed by atoms with van der Waals surface area (Å²) in [4.78, 5) is 11.6. The van der Waals surface area contributed by atoms with E-state index in [0.717, 1.165) is 24.8 Å². The third kappa shape index (κ3) is 7.73. The number of piperidine rings is 1. The van der Waals surface area contributed by atoms with Gasteiger partial charge in [0.05, 0.1) is 0 Å². The molecule has 1 fully saturated rings. The first kappa shape index (κ1) is 17.3. The fourth-order valence-corrected chi connectivity index (χ4v) is 2.80. The number of rotatable bonds is 5. The summed E-state index contributed by atoms with van der Waals surface area (Å²) in [5, 5.41) is 6.46. The van der Waals surface area contributed by atoms with Crippen molar-refractivity contribution in [2.45, 2.75) is 71.9 Å². The molecule has 0 aromatic heterocycles. The second kappa shape index (κ2) is 7.87. The van der Waals surface area contributed by atoms with Gasteiger partial charge in [-0.2, -0.15) is 0 Å². The van der Waals surface area contributed by atoms with Crippen molar-refractivity contribution in [1.29, 1.82) is 0 Å². The van der Waals surface area contributed by atoms with Crippen molar-refractivity contribution >= 4 is 6.09 Å². The Labute approximate surface area is 124 Å². The van der Waals surface area contributed by atoms with Crippen molar-refractivity contribution < 1.29 is 9.53 Å². The maximum absolute atomic E-state index is 11.6. The molecule has 20 heavy (non-hydrogen) atoms. The molecule has 1 rings (SSSR count). The highest BCUT2D eigenvalue weighted by Gasteiger charge is 2.22. The average molecular weight is 284 g/mol. The topological polar surface area (TPSA) is 50.4 Å². The molecular weight excluding hydrogens is 252 g/mol. The average Bonchev–Trinajstić information content (AvgIpc) is 2.25. The number of nitrogens with one attached hydrogen (secondary N) is 2. The zero-order valence-corrected chi connectivity index (χ0v) is 13.8. The second-order valence-corrected chi connectivity index (χ2v) is 7.39. The van der Waals surface area contributed by atoms with Crippen LogP contribution in [-0.2, 0) is 4.74 Å². The smallest absolute Gasteiger partial charge is 0.407 e. The number of carbonyl (C=O) groups is 1. The largest absolute Gasteiger partial charge is 0.444 e. The standard InChI is InChI=1S/C16H32N2O2/c1-12(2)10-14-11-13(6-8-17-14)7-9-18-15(19)20-16(3,4)5/h12-14,17H,6-11H2,1-5H3,(H,18,19). The lowest BCUT2D eigenvalue weighted by molar-refractivity contribution is 0.0523. The van der Waals surface area contributed by atoms with E-state index in [1.165, 1.54) is 19.3 Å². The van der Waals surface area contributed by atoms with E-state index < -0.39 is 5.60 Å². The van der Waals surface area contributed by atoms with Crippen LogP contribution in [0.25, 0.3) is 0 Å². The molecule has 4 nitrogen and oxygen atoms in total. The van der Waals surface area contributed by atoms with Gasteiger partial charge in [-0.25, -0.2) is 4.79 Å². The van der Waals surface area contributed by atoms with Gasteiger partial charge in [0, 0.05) is 12.6 Å². The summed E-state index contributed by atoms with van der Waals surface area (Å²) in [5.74, 6) is 1.46. The summed E-state index contributed by atoms with van der Waals surface area (Å²) in [6, 6.07) is 0.648. The Morgan fingerprint density at radius 2 is 2.10 bits per heavy atom. The molecule has 0 aromatic carbocycles. The number of ether oxygens (including phenoxy) is 1. The van der Waals surface area contributed by atoms with Gasteiger partial charge in [0.15, 0.2) is 0 Å². The lowest BCUT2D eigenvalue weighted by Gasteiger charge is -2.31. The van der Waals surface area contributed by atoms with E-state index in [1.807, 2.05) is 20.8 Å². The first-order valence-corrected chi connectivity index (χ1v) is 7.96. The highest BCUT2D eigenvalue weighted by molar-refractivity contribution is 5.67. The molecule has 0 bridgehead atoms. The lowest BCUT2D eigenvalue weighted by atomic mass is 9.86. The summed E-state index contributed by atoms with van der Waals surface area (Å²) in [7, 11) is 0. The van der Waals surface area contributed by atoms with Crippen molar-refractivity contribution in [1.82, 2.24) is 10.6 Å². The molecule has 2 atom stereocenters. The van der Waals surface area contributed by atoms with Crippen LogP contribution in [0.1, 0.15) is 60.3 Å². The van der Waals surface area contributed by atoms with Gasteiger partial charge in [0.1, 0.15) is 5.60 Å². The normalized spacial score (nSPS) is 23.7. The Morgan fingerprint density at radius 3 is 2.70 bits per heavy atom. The van der Waals surface area contributed by atoms with Gasteiger partial charge in [0.2, 0.25) is 0 Å². The molecule has 2 unspecified atom stereocenters. The Hall–Kier alpha value is -0.770. The number of alkyl carbamates (subject to hydrolysis) is 1. The molecule has 118 valence electrons. The van der Waals surface area contributed by atoms with Crippen molar-refractivity contribution in [3.63, 3.8) is 0 Å². The van der Waals surface area contributed by atoms with Crippen molar-refractivity contribution in [2.75, 3.05) is 13.1 Å². The highest BCUT2D eigenvalue weighted by Crippen LogP contribution is 2.23. The quantitative estimate of drug-likeness (QED) is 0.814. The molecule has 1 amide bonds. The van der Waals surface area contributed by atoms with Crippen LogP contribution in [0.4, 0.5) is 4.79 Å². The summed E-state index contributed by atoms with van der Waals surface area (Å²) in [6.07, 6.45) is 4.44. The fourth-order valence-electron chi connectivity index (χ4n) is 2.80. The van der Waals surface area contributed by atoms with Gasteiger partial charge in [0.25, 0.3) is 0 Å². The molecule has 0 saturated carbocycles. The third-order valence-electron chi connectivity index (χ3n) is 3.58. The van der Waals surface area contributed by atoms with Crippen LogP contribution in [0.2, 0.25) is 0 Å². The van der Waals surface area contributed by atoms with Crippen molar-refractivity contribution in [3.05, 3.63) is 0 Å². The number of carbonyl (C=O) groups excluding carboxylic acids is 1. The molecule has 0 aliphatic carbocycles. The van der Waals surface area contributed by atoms with Gasteiger partial charge in [-0.05, 0) is 64.8 Å². The van der Waals surface area contributed by atoms with Crippen LogP contribution < -0.4 is 10.6 Å². The number of hydrogen-bond acceptors (Lipinski definition) is 3.